The topological polar surface area (TPSA) is 50.9 Å². The van der Waals surface area contributed by atoms with Crippen molar-refractivity contribution in [3.63, 3.8) is 0 Å². The number of hydrogen-bond donors (Lipinski definition) is 2. The van der Waals surface area contributed by atoms with Crippen LogP contribution in [0.25, 0.3) is 0 Å². The highest BCUT2D eigenvalue weighted by molar-refractivity contribution is 5.43. The maximum absolute atomic E-state index is 12.9. The third-order valence-electron chi connectivity index (χ3n) is 2.42. The van der Waals surface area contributed by atoms with Crippen LogP contribution in [-0.2, 0) is 13.1 Å². The van der Waals surface area contributed by atoms with Crippen molar-refractivity contribution in [3.05, 3.63) is 59.7 Å². The molecule has 0 unspecified atom stereocenters. The summed E-state index contributed by atoms with van der Waals surface area (Å²) in [5, 5.41) is 3.11. The Balaban J connectivity index is 1.97. The summed E-state index contributed by atoms with van der Waals surface area (Å²) in [6.07, 6.45) is 1.75. The predicted octanol–water partition coefficient (Wildman–Crippen LogP) is 2.29. The second kappa shape index (κ2) is 5.41. The van der Waals surface area contributed by atoms with E-state index in [-0.39, 0.29) is 5.82 Å². The molecule has 1 heterocycles. The van der Waals surface area contributed by atoms with Crippen molar-refractivity contribution in [2.45, 2.75) is 13.1 Å². The Bertz CT molecular complexity index is 482. The Kier molecular flexibility index (Phi) is 3.67. The van der Waals surface area contributed by atoms with Crippen molar-refractivity contribution < 1.29 is 4.39 Å². The van der Waals surface area contributed by atoms with Gasteiger partial charge in [-0.25, -0.2) is 4.39 Å². The molecule has 3 N–H and O–H groups in total. The fourth-order valence-electron chi connectivity index (χ4n) is 1.47. The first-order chi connectivity index (χ1) is 8.28. The molecule has 0 bridgehead atoms. The predicted molar refractivity (Wildman–Crippen MR) is 65.9 cm³/mol. The molecule has 0 spiro atoms. The Hall–Kier alpha value is -1.94. The zero-order chi connectivity index (χ0) is 12.1. The highest BCUT2D eigenvalue weighted by atomic mass is 19.1. The first kappa shape index (κ1) is 11.5. The summed E-state index contributed by atoms with van der Waals surface area (Å²) in [6, 6.07) is 10.2. The monoisotopic (exact) mass is 231 g/mol. The fourth-order valence-corrected chi connectivity index (χ4v) is 1.47. The normalized spacial score (nSPS) is 10.2. The molecule has 0 aliphatic heterocycles. The molecule has 3 nitrogen and oxygen atoms in total. The number of benzene rings is 1. The molecule has 17 heavy (non-hydrogen) atoms. The Labute approximate surface area is 99.5 Å². The number of nitrogens with zero attached hydrogens (tertiary/aromatic N) is 1. The molecule has 0 fully saturated rings. The lowest BCUT2D eigenvalue weighted by Gasteiger charge is -2.06. The third kappa shape index (κ3) is 3.26. The molecule has 0 radical (unpaired) electrons. The van der Waals surface area contributed by atoms with Crippen LogP contribution in [0.4, 0.5) is 10.1 Å². The van der Waals surface area contributed by atoms with Crippen molar-refractivity contribution >= 4 is 5.69 Å². The molecule has 0 aliphatic carbocycles. The number of nitrogens with one attached hydrogen (secondary N) is 1. The molecule has 0 atom stereocenters. The molecule has 1 aromatic heterocycles. The van der Waals surface area contributed by atoms with E-state index in [1.54, 1.807) is 12.3 Å². The Morgan fingerprint density at radius 2 is 2.12 bits per heavy atom. The maximum atomic E-state index is 12.9. The number of hydrogen-bond acceptors (Lipinski definition) is 3. The highest BCUT2D eigenvalue weighted by Gasteiger charge is 1.97. The third-order valence-corrected chi connectivity index (χ3v) is 2.42. The first-order valence-electron chi connectivity index (χ1n) is 5.41. The Morgan fingerprint density at radius 3 is 2.76 bits per heavy atom. The van der Waals surface area contributed by atoms with Crippen molar-refractivity contribution in [2.75, 3.05) is 5.32 Å². The van der Waals surface area contributed by atoms with E-state index in [1.165, 1.54) is 12.1 Å². The van der Waals surface area contributed by atoms with Crippen LogP contribution < -0.4 is 11.1 Å². The average molecular weight is 231 g/mol. The van der Waals surface area contributed by atoms with Crippen LogP contribution in [0.2, 0.25) is 0 Å². The summed E-state index contributed by atoms with van der Waals surface area (Å²) >= 11 is 0. The molecule has 88 valence electrons. The minimum atomic E-state index is -0.249. The largest absolute Gasteiger partial charge is 0.379 e. The first-order valence-corrected chi connectivity index (χ1v) is 5.41. The van der Waals surface area contributed by atoms with Gasteiger partial charge < -0.3 is 11.1 Å². The van der Waals surface area contributed by atoms with E-state index < -0.39 is 0 Å². The van der Waals surface area contributed by atoms with Gasteiger partial charge >= 0.3 is 0 Å². The second-order valence-electron chi connectivity index (χ2n) is 3.73. The summed E-state index contributed by atoms with van der Waals surface area (Å²) in [7, 11) is 0. The summed E-state index contributed by atoms with van der Waals surface area (Å²) in [4.78, 5) is 4.25. The highest BCUT2D eigenvalue weighted by Crippen LogP contribution is 2.10. The van der Waals surface area contributed by atoms with Crippen LogP contribution in [-0.4, -0.2) is 4.98 Å². The van der Waals surface area contributed by atoms with Gasteiger partial charge in [-0.2, -0.15) is 0 Å². The summed E-state index contributed by atoms with van der Waals surface area (Å²) < 4.78 is 12.9. The van der Waals surface area contributed by atoms with E-state index in [0.29, 0.717) is 13.1 Å². The van der Waals surface area contributed by atoms with Gasteiger partial charge in [-0.1, -0.05) is 12.1 Å². The SMILES string of the molecule is NCc1ccc(CNc2cccc(F)c2)nc1. The zero-order valence-electron chi connectivity index (χ0n) is 9.36. The number of aromatic nitrogens is 1. The van der Waals surface area contributed by atoms with E-state index in [0.717, 1.165) is 16.9 Å². The van der Waals surface area contributed by atoms with Crippen LogP contribution in [0, 0.1) is 5.82 Å². The fraction of sp³-hybridized carbons (Fsp3) is 0.154. The van der Waals surface area contributed by atoms with Crippen molar-refractivity contribution in [1.29, 1.82) is 0 Å². The molecule has 2 rings (SSSR count). The lowest BCUT2D eigenvalue weighted by Crippen LogP contribution is -2.03. The van der Waals surface area contributed by atoms with Gasteiger partial charge in [0.15, 0.2) is 0 Å². The van der Waals surface area contributed by atoms with Gasteiger partial charge in [0.05, 0.1) is 12.2 Å². The lowest BCUT2D eigenvalue weighted by atomic mass is 10.2. The van der Waals surface area contributed by atoms with Gasteiger partial charge in [0.1, 0.15) is 5.82 Å². The van der Waals surface area contributed by atoms with Gasteiger partial charge in [-0.3, -0.25) is 4.98 Å². The van der Waals surface area contributed by atoms with Crippen LogP contribution in [0.15, 0.2) is 42.6 Å². The van der Waals surface area contributed by atoms with Crippen molar-refractivity contribution in [1.82, 2.24) is 4.98 Å². The summed E-state index contributed by atoms with van der Waals surface area (Å²) in [5.74, 6) is -0.249. The number of nitrogens with two attached hydrogens (primary N) is 1. The number of rotatable bonds is 4. The van der Waals surface area contributed by atoms with Crippen LogP contribution in [0.3, 0.4) is 0 Å². The summed E-state index contributed by atoms with van der Waals surface area (Å²) in [6.45, 7) is 1.05. The minimum Gasteiger partial charge on any atom is -0.379 e. The molecule has 0 aliphatic rings. The Morgan fingerprint density at radius 1 is 1.24 bits per heavy atom. The standard InChI is InChI=1S/C13H14FN3/c14-11-2-1-3-12(6-11)17-9-13-5-4-10(7-15)8-16-13/h1-6,8,17H,7,9,15H2. The van der Waals surface area contributed by atoms with Crippen molar-refractivity contribution in [3.8, 4) is 0 Å². The molecule has 2 aromatic rings. The van der Waals surface area contributed by atoms with E-state index in [9.17, 15) is 4.39 Å². The van der Waals surface area contributed by atoms with Gasteiger partial charge in [0, 0.05) is 18.4 Å². The van der Waals surface area contributed by atoms with E-state index >= 15 is 0 Å². The van der Waals surface area contributed by atoms with E-state index in [1.807, 2.05) is 18.2 Å². The zero-order valence-corrected chi connectivity index (χ0v) is 9.36. The molecular weight excluding hydrogens is 217 g/mol. The number of halogens is 1. The molecule has 0 saturated carbocycles. The summed E-state index contributed by atoms with van der Waals surface area (Å²) in [5.41, 5.74) is 8.12. The van der Waals surface area contributed by atoms with Crippen LogP contribution in [0.1, 0.15) is 11.3 Å². The quantitative estimate of drug-likeness (QED) is 0.848. The molecule has 0 amide bonds. The van der Waals surface area contributed by atoms with Crippen molar-refractivity contribution in [2.24, 2.45) is 5.73 Å². The van der Waals surface area contributed by atoms with E-state index in [2.05, 4.69) is 10.3 Å². The molecule has 4 heteroatoms. The van der Waals surface area contributed by atoms with Gasteiger partial charge in [0.2, 0.25) is 0 Å². The smallest absolute Gasteiger partial charge is 0.125 e. The van der Waals surface area contributed by atoms with Crippen LogP contribution in [0.5, 0.6) is 0 Å². The second-order valence-corrected chi connectivity index (χ2v) is 3.73. The molecule has 0 saturated heterocycles. The van der Waals surface area contributed by atoms with Gasteiger partial charge in [-0.05, 0) is 29.8 Å². The average Bonchev–Trinajstić information content (AvgIpc) is 2.37. The van der Waals surface area contributed by atoms with Crippen LogP contribution >= 0.6 is 0 Å². The molecular formula is C13H14FN3. The maximum Gasteiger partial charge on any atom is 0.125 e. The van der Waals surface area contributed by atoms with E-state index in [4.69, 9.17) is 5.73 Å². The van der Waals surface area contributed by atoms with Gasteiger partial charge in [-0.15, -0.1) is 0 Å². The molecule has 1 aromatic carbocycles. The number of anilines is 1. The lowest BCUT2D eigenvalue weighted by molar-refractivity contribution is 0.628. The number of pyridine rings is 1. The minimum absolute atomic E-state index is 0.249. The van der Waals surface area contributed by atoms with Gasteiger partial charge in [0.25, 0.3) is 0 Å².